The normalized spacial score (nSPS) is 17.9. The molecule has 1 aliphatic rings. The predicted octanol–water partition coefficient (Wildman–Crippen LogP) is 4.69. The molecule has 0 aliphatic carbocycles. The lowest BCUT2D eigenvalue weighted by Gasteiger charge is -2.21. The van der Waals surface area contributed by atoms with Crippen LogP contribution in [0, 0.1) is 6.92 Å². The first-order chi connectivity index (χ1) is 13.9. The predicted molar refractivity (Wildman–Crippen MR) is 111 cm³/mol. The molecule has 2 heterocycles. The van der Waals surface area contributed by atoms with E-state index in [0.717, 1.165) is 23.1 Å². The van der Waals surface area contributed by atoms with E-state index < -0.39 is 16.1 Å². The Balaban J connectivity index is 1.61. The van der Waals surface area contributed by atoms with E-state index in [1.807, 2.05) is 43.3 Å². The zero-order chi connectivity index (χ0) is 20.6. The Morgan fingerprint density at radius 1 is 1.07 bits per heavy atom. The summed E-state index contributed by atoms with van der Waals surface area (Å²) in [6.07, 6.45) is 1.43. The highest BCUT2D eigenvalue weighted by atomic mass is 32.2. The Morgan fingerprint density at radius 3 is 2.41 bits per heavy atom. The Labute approximate surface area is 171 Å². The molecule has 29 heavy (non-hydrogen) atoms. The Morgan fingerprint density at radius 2 is 1.76 bits per heavy atom. The topological polar surface area (TPSA) is 76.3 Å². The average Bonchev–Trinajstić information content (AvgIpc) is 3.38. The van der Waals surface area contributed by atoms with Crippen molar-refractivity contribution in [1.29, 1.82) is 0 Å². The summed E-state index contributed by atoms with van der Waals surface area (Å²) in [5, 5.41) is 4.07. The summed E-state index contributed by atoms with van der Waals surface area (Å²) in [7, 11) is -3.63. The second kappa shape index (κ2) is 7.72. The maximum absolute atomic E-state index is 13.2. The van der Waals surface area contributed by atoms with E-state index in [4.69, 9.17) is 4.52 Å². The summed E-state index contributed by atoms with van der Waals surface area (Å²) in [4.78, 5) is 4.80. The minimum atomic E-state index is -3.63. The van der Waals surface area contributed by atoms with Crippen LogP contribution >= 0.6 is 0 Å². The lowest BCUT2D eigenvalue weighted by Crippen LogP contribution is -2.30. The van der Waals surface area contributed by atoms with Crippen LogP contribution in [0.15, 0.2) is 57.9 Å². The molecule has 0 bridgehead atoms. The van der Waals surface area contributed by atoms with Gasteiger partial charge in [-0.25, -0.2) is 8.42 Å². The lowest BCUT2D eigenvalue weighted by atomic mass is 10.0. The molecule has 6 nitrogen and oxygen atoms in total. The fourth-order valence-corrected chi connectivity index (χ4v) is 5.28. The highest BCUT2D eigenvalue weighted by Crippen LogP contribution is 2.36. The molecule has 0 amide bonds. The molecule has 0 N–H and O–H groups in total. The highest BCUT2D eigenvalue weighted by molar-refractivity contribution is 7.89. The van der Waals surface area contributed by atoms with Crippen LogP contribution in [-0.4, -0.2) is 29.4 Å². The monoisotopic (exact) mass is 411 g/mol. The van der Waals surface area contributed by atoms with Crippen molar-refractivity contribution < 1.29 is 12.9 Å². The van der Waals surface area contributed by atoms with E-state index >= 15 is 0 Å². The van der Waals surface area contributed by atoms with E-state index in [9.17, 15) is 8.42 Å². The van der Waals surface area contributed by atoms with Crippen molar-refractivity contribution in [3.8, 4) is 11.4 Å². The Kier molecular flexibility index (Phi) is 5.27. The summed E-state index contributed by atoms with van der Waals surface area (Å²) in [6, 6.07) is 14.5. The number of aryl methyl sites for hydroxylation is 1. The third-order valence-corrected chi connectivity index (χ3v) is 7.32. The van der Waals surface area contributed by atoms with Crippen molar-refractivity contribution in [1.82, 2.24) is 14.4 Å². The zero-order valence-corrected chi connectivity index (χ0v) is 17.7. The standard InChI is InChI=1S/C22H25N3O3S/c1-15(2)17-10-12-19(13-11-17)29(26,27)25-14-4-5-20(25)22-23-21(24-28-22)18-8-6-16(3)7-9-18/h6-13,15,20H,4-5,14H2,1-3H3/t20-/m0/s1. The van der Waals surface area contributed by atoms with E-state index in [2.05, 4.69) is 24.0 Å². The van der Waals surface area contributed by atoms with Gasteiger partial charge in [-0.2, -0.15) is 9.29 Å². The van der Waals surface area contributed by atoms with Crippen molar-refractivity contribution in [2.24, 2.45) is 0 Å². The van der Waals surface area contributed by atoms with Gasteiger partial charge in [0.2, 0.25) is 21.7 Å². The lowest BCUT2D eigenvalue weighted by molar-refractivity contribution is 0.290. The minimum Gasteiger partial charge on any atom is -0.337 e. The number of hydrogen-bond acceptors (Lipinski definition) is 5. The molecule has 152 valence electrons. The van der Waals surface area contributed by atoms with Crippen molar-refractivity contribution >= 4 is 10.0 Å². The molecule has 0 radical (unpaired) electrons. The van der Waals surface area contributed by atoms with Crippen LogP contribution < -0.4 is 0 Å². The van der Waals surface area contributed by atoms with Gasteiger partial charge in [-0.1, -0.05) is 61.0 Å². The van der Waals surface area contributed by atoms with Crippen LogP contribution in [0.3, 0.4) is 0 Å². The number of hydrogen-bond donors (Lipinski definition) is 0. The van der Waals surface area contributed by atoms with Crippen LogP contribution in [0.25, 0.3) is 11.4 Å². The highest BCUT2D eigenvalue weighted by Gasteiger charge is 2.39. The summed E-state index contributed by atoms with van der Waals surface area (Å²) in [5.41, 5.74) is 3.11. The number of sulfonamides is 1. The summed E-state index contributed by atoms with van der Waals surface area (Å²) >= 11 is 0. The van der Waals surface area contributed by atoms with E-state index in [1.165, 1.54) is 4.31 Å². The minimum absolute atomic E-state index is 0.298. The fraction of sp³-hybridized carbons (Fsp3) is 0.364. The molecule has 4 rings (SSSR count). The van der Waals surface area contributed by atoms with Gasteiger partial charge in [0.05, 0.1) is 4.90 Å². The Hall–Kier alpha value is -2.51. The second-order valence-electron chi connectivity index (χ2n) is 7.82. The molecule has 1 fully saturated rings. The number of aromatic nitrogens is 2. The van der Waals surface area contributed by atoms with Crippen LogP contribution in [-0.2, 0) is 10.0 Å². The van der Waals surface area contributed by atoms with Gasteiger partial charge in [-0.15, -0.1) is 0 Å². The van der Waals surface area contributed by atoms with Gasteiger partial charge in [-0.3, -0.25) is 0 Å². The molecule has 0 spiro atoms. The van der Waals surface area contributed by atoms with Crippen molar-refractivity contribution in [2.45, 2.75) is 50.5 Å². The third-order valence-electron chi connectivity index (χ3n) is 5.39. The van der Waals surface area contributed by atoms with Gasteiger partial charge < -0.3 is 4.52 Å². The van der Waals surface area contributed by atoms with Gasteiger partial charge in [0.1, 0.15) is 6.04 Å². The first-order valence-electron chi connectivity index (χ1n) is 9.89. The van der Waals surface area contributed by atoms with Gasteiger partial charge in [0.25, 0.3) is 0 Å². The molecule has 0 saturated carbocycles. The summed E-state index contributed by atoms with van der Waals surface area (Å²) in [6.45, 7) is 6.63. The van der Waals surface area contributed by atoms with Crippen LogP contribution in [0.2, 0.25) is 0 Å². The molecule has 1 saturated heterocycles. The number of nitrogens with zero attached hydrogens (tertiary/aromatic N) is 3. The van der Waals surface area contributed by atoms with Crippen LogP contribution in [0.4, 0.5) is 0 Å². The summed E-state index contributed by atoms with van der Waals surface area (Å²) in [5.74, 6) is 1.18. The largest absolute Gasteiger partial charge is 0.337 e. The molecular formula is C22H25N3O3S. The quantitative estimate of drug-likeness (QED) is 0.608. The molecule has 7 heteroatoms. The van der Waals surface area contributed by atoms with Gasteiger partial charge in [0.15, 0.2) is 0 Å². The first-order valence-corrected chi connectivity index (χ1v) is 11.3. The first kappa shape index (κ1) is 19.8. The van der Waals surface area contributed by atoms with Gasteiger partial charge in [0, 0.05) is 12.1 Å². The molecule has 1 aromatic heterocycles. The summed E-state index contributed by atoms with van der Waals surface area (Å²) < 4.78 is 33.5. The van der Waals surface area contributed by atoms with E-state index in [1.54, 1.807) is 12.1 Å². The molecule has 2 aromatic carbocycles. The molecule has 1 atom stereocenters. The van der Waals surface area contributed by atoms with Crippen molar-refractivity contribution in [3.05, 3.63) is 65.5 Å². The smallest absolute Gasteiger partial charge is 0.245 e. The zero-order valence-electron chi connectivity index (χ0n) is 16.9. The SMILES string of the molecule is Cc1ccc(-c2noc([C@@H]3CCCN3S(=O)(=O)c3ccc(C(C)C)cc3)n2)cc1. The number of rotatable bonds is 5. The maximum Gasteiger partial charge on any atom is 0.245 e. The fourth-order valence-electron chi connectivity index (χ4n) is 3.63. The van der Waals surface area contributed by atoms with Gasteiger partial charge >= 0.3 is 0 Å². The molecule has 0 unspecified atom stereocenters. The Bertz CT molecular complexity index is 1090. The van der Waals surface area contributed by atoms with Crippen LogP contribution in [0.1, 0.15) is 55.7 Å². The average molecular weight is 412 g/mol. The maximum atomic E-state index is 13.2. The third kappa shape index (κ3) is 3.84. The molecule has 3 aromatic rings. The number of benzene rings is 2. The van der Waals surface area contributed by atoms with Crippen molar-refractivity contribution in [3.63, 3.8) is 0 Å². The van der Waals surface area contributed by atoms with E-state index in [0.29, 0.717) is 35.5 Å². The van der Waals surface area contributed by atoms with Crippen molar-refractivity contribution in [2.75, 3.05) is 6.54 Å². The molecular weight excluding hydrogens is 386 g/mol. The molecule has 1 aliphatic heterocycles. The van der Waals surface area contributed by atoms with Gasteiger partial charge in [-0.05, 0) is 43.4 Å². The second-order valence-corrected chi connectivity index (χ2v) is 9.71. The van der Waals surface area contributed by atoms with Crippen LogP contribution in [0.5, 0.6) is 0 Å². The van der Waals surface area contributed by atoms with E-state index in [-0.39, 0.29) is 0 Å².